The number of aromatic nitrogens is 1. The molecule has 1 amide bonds. The summed E-state index contributed by atoms with van der Waals surface area (Å²) in [4.78, 5) is 20.3. The fourth-order valence-electron chi connectivity index (χ4n) is 2.70. The van der Waals surface area contributed by atoms with Gasteiger partial charge in [-0.3, -0.25) is 9.78 Å². The molecule has 2 aromatic rings. The van der Waals surface area contributed by atoms with Crippen molar-refractivity contribution in [3.8, 4) is 5.75 Å². The molecule has 0 saturated carbocycles. The number of pyridine rings is 1. The van der Waals surface area contributed by atoms with Crippen LogP contribution in [0.1, 0.15) is 30.7 Å². The highest BCUT2D eigenvalue weighted by atomic mass is 32.2. The van der Waals surface area contributed by atoms with E-state index in [1.165, 1.54) is 17.3 Å². The van der Waals surface area contributed by atoms with Gasteiger partial charge in [0.2, 0.25) is 0 Å². The van der Waals surface area contributed by atoms with Crippen LogP contribution in [-0.4, -0.2) is 34.6 Å². The molecule has 0 radical (unpaired) electrons. The second-order valence-corrected chi connectivity index (χ2v) is 7.37. The number of aryl methyl sites for hydroxylation is 1. The lowest BCUT2D eigenvalue weighted by Crippen LogP contribution is -2.13. The zero-order valence-electron chi connectivity index (χ0n) is 15.7. The number of carbonyl (C=O) groups excluding carboxylic acids is 1. The highest BCUT2D eigenvalue weighted by Gasteiger charge is 2.29. The molecule has 2 heterocycles. The minimum atomic E-state index is -0.199. The Bertz CT molecular complexity index is 788. The first-order valence-electron chi connectivity index (χ1n) is 9.25. The first-order valence-corrected chi connectivity index (χ1v) is 10.1. The van der Waals surface area contributed by atoms with Gasteiger partial charge < -0.3 is 9.47 Å². The molecule has 0 N–H and O–H groups in total. The highest BCUT2D eigenvalue weighted by Crippen LogP contribution is 2.27. The summed E-state index contributed by atoms with van der Waals surface area (Å²) in [5.74, 6) is 0.700. The van der Waals surface area contributed by atoms with Gasteiger partial charge in [0.15, 0.2) is 0 Å². The molecule has 1 aromatic carbocycles. The topological polar surface area (TPSA) is 60.8 Å². The summed E-state index contributed by atoms with van der Waals surface area (Å²) >= 11 is 1.40. The Morgan fingerprint density at radius 3 is 2.48 bits per heavy atom. The number of aliphatic imine (C=N–C) groups is 1. The Morgan fingerprint density at radius 2 is 1.81 bits per heavy atom. The Kier molecular flexibility index (Phi) is 6.87. The van der Waals surface area contributed by atoms with Crippen molar-refractivity contribution in [2.75, 3.05) is 13.2 Å². The van der Waals surface area contributed by atoms with Crippen LogP contribution < -0.4 is 4.74 Å². The third kappa shape index (κ3) is 5.57. The van der Waals surface area contributed by atoms with E-state index in [1.54, 1.807) is 0 Å². The van der Waals surface area contributed by atoms with Gasteiger partial charge in [-0.1, -0.05) is 36.9 Å². The normalized spacial score (nSPS) is 16.3. The van der Waals surface area contributed by atoms with Crippen molar-refractivity contribution in [2.24, 2.45) is 4.99 Å². The van der Waals surface area contributed by atoms with Crippen molar-refractivity contribution in [1.82, 2.24) is 4.98 Å². The molecule has 0 fully saturated rings. The first kappa shape index (κ1) is 19.4. The molecule has 1 atom stereocenters. The van der Waals surface area contributed by atoms with E-state index in [1.807, 2.05) is 37.4 Å². The molecule has 0 bridgehead atoms. The third-order valence-corrected chi connectivity index (χ3v) is 5.32. The standard InChI is InChI=1S/C21H24N2O3S/c1-3-15-5-8-17(22-14-15)11-12-26-18-9-6-16(7-10-18)13-19-20(24)23-21(27-19)25-4-2/h5-10,14,19H,3-4,11-13H2,1-2H3. The molecule has 3 rings (SSSR count). The number of hydrogen-bond donors (Lipinski definition) is 0. The molecule has 0 aliphatic carbocycles. The average molecular weight is 385 g/mol. The maximum Gasteiger partial charge on any atom is 0.263 e. The highest BCUT2D eigenvalue weighted by molar-refractivity contribution is 8.15. The van der Waals surface area contributed by atoms with E-state index in [0.717, 1.165) is 29.8 Å². The molecule has 1 aliphatic rings. The Hall–Kier alpha value is -2.34. The van der Waals surface area contributed by atoms with Crippen molar-refractivity contribution < 1.29 is 14.3 Å². The number of nitrogens with zero attached hydrogens (tertiary/aromatic N) is 2. The van der Waals surface area contributed by atoms with Crippen LogP contribution in [0, 0.1) is 0 Å². The third-order valence-electron chi connectivity index (χ3n) is 4.25. The van der Waals surface area contributed by atoms with Crippen LogP contribution >= 0.6 is 11.8 Å². The Labute approximate surface area is 164 Å². The zero-order valence-corrected chi connectivity index (χ0v) is 16.5. The summed E-state index contributed by atoms with van der Waals surface area (Å²) in [6.07, 6.45) is 4.33. The number of ether oxygens (including phenoxy) is 2. The molecular weight excluding hydrogens is 360 g/mol. The smallest absolute Gasteiger partial charge is 0.263 e. The van der Waals surface area contributed by atoms with Crippen LogP contribution in [0.5, 0.6) is 5.75 Å². The average Bonchev–Trinajstić information content (AvgIpc) is 3.03. The quantitative estimate of drug-likeness (QED) is 0.692. The molecule has 0 saturated heterocycles. The molecule has 5 nitrogen and oxygen atoms in total. The summed E-state index contributed by atoms with van der Waals surface area (Å²) in [5.41, 5.74) is 3.36. The minimum Gasteiger partial charge on any atom is -0.493 e. The van der Waals surface area contributed by atoms with Gasteiger partial charge in [0.05, 0.1) is 18.5 Å². The molecule has 27 heavy (non-hydrogen) atoms. The zero-order chi connectivity index (χ0) is 19.1. The molecule has 6 heteroatoms. The molecular formula is C21H24N2O3S. The summed E-state index contributed by atoms with van der Waals surface area (Å²) in [7, 11) is 0. The van der Waals surface area contributed by atoms with E-state index >= 15 is 0 Å². The summed E-state index contributed by atoms with van der Waals surface area (Å²) in [6.45, 7) is 5.11. The predicted molar refractivity (Wildman–Crippen MR) is 108 cm³/mol. The second-order valence-electron chi connectivity index (χ2n) is 6.21. The fourth-order valence-corrected chi connectivity index (χ4v) is 3.70. The maximum absolute atomic E-state index is 11.9. The number of carbonyl (C=O) groups is 1. The van der Waals surface area contributed by atoms with Crippen LogP contribution in [0.3, 0.4) is 0 Å². The minimum absolute atomic E-state index is 0.120. The van der Waals surface area contributed by atoms with Crippen LogP contribution in [0.4, 0.5) is 0 Å². The number of hydrogen-bond acceptors (Lipinski definition) is 5. The Balaban J connectivity index is 1.45. The predicted octanol–water partition coefficient (Wildman–Crippen LogP) is 3.84. The molecule has 1 aromatic heterocycles. The van der Waals surface area contributed by atoms with Gasteiger partial charge in [0.1, 0.15) is 5.75 Å². The molecule has 1 unspecified atom stereocenters. The van der Waals surface area contributed by atoms with Crippen LogP contribution in [-0.2, 0) is 28.8 Å². The number of rotatable bonds is 8. The summed E-state index contributed by atoms with van der Waals surface area (Å²) < 4.78 is 11.1. The number of benzene rings is 1. The number of thioether (sulfide) groups is 1. The lowest BCUT2D eigenvalue weighted by molar-refractivity contribution is -0.117. The van der Waals surface area contributed by atoms with E-state index in [0.29, 0.717) is 24.9 Å². The van der Waals surface area contributed by atoms with Gasteiger partial charge in [-0.25, -0.2) is 0 Å². The van der Waals surface area contributed by atoms with Crippen molar-refractivity contribution in [1.29, 1.82) is 0 Å². The van der Waals surface area contributed by atoms with Crippen LogP contribution in [0.25, 0.3) is 0 Å². The second kappa shape index (κ2) is 9.55. The van der Waals surface area contributed by atoms with Crippen molar-refractivity contribution in [3.05, 3.63) is 59.4 Å². The lowest BCUT2D eigenvalue weighted by Gasteiger charge is -2.09. The van der Waals surface area contributed by atoms with Gasteiger partial charge in [0.25, 0.3) is 11.1 Å². The van der Waals surface area contributed by atoms with Crippen molar-refractivity contribution in [2.45, 2.75) is 38.4 Å². The van der Waals surface area contributed by atoms with Crippen LogP contribution in [0.2, 0.25) is 0 Å². The van der Waals surface area contributed by atoms with Crippen LogP contribution in [0.15, 0.2) is 47.6 Å². The van der Waals surface area contributed by atoms with Gasteiger partial charge in [-0.15, -0.1) is 0 Å². The van der Waals surface area contributed by atoms with Crippen molar-refractivity contribution >= 4 is 22.9 Å². The molecule has 142 valence electrons. The van der Waals surface area contributed by atoms with E-state index in [9.17, 15) is 4.79 Å². The van der Waals surface area contributed by atoms with Crippen molar-refractivity contribution in [3.63, 3.8) is 0 Å². The SMILES string of the molecule is CCOC1=NC(=O)C(Cc2ccc(OCCc3ccc(CC)cn3)cc2)S1. The van der Waals surface area contributed by atoms with Gasteiger partial charge >= 0.3 is 0 Å². The van der Waals surface area contributed by atoms with E-state index in [-0.39, 0.29) is 11.2 Å². The number of amides is 1. The monoisotopic (exact) mass is 384 g/mol. The maximum atomic E-state index is 11.9. The van der Waals surface area contributed by atoms with Gasteiger partial charge in [0, 0.05) is 18.3 Å². The summed E-state index contributed by atoms with van der Waals surface area (Å²) in [6, 6.07) is 12.0. The summed E-state index contributed by atoms with van der Waals surface area (Å²) in [5, 5.41) is 0.281. The van der Waals surface area contributed by atoms with Gasteiger partial charge in [-0.05, 0) is 49.1 Å². The Morgan fingerprint density at radius 1 is 1.04 bits per heavy atom. The first-order chi connectivity index (χ1) is 13.2. The molecule has 0 spiro atoms. The fraction of sp³-hybridized carbons (Fsp3) is 0.381. The van der Waals surface area contributed by atoms with Gasteiger partial charge in [-0.2, -0.15) is 4.99 Å². The molecule has 1 aliphatic heterocycles. The lowest BCUT2D eigenvalue weighted by atomic mass is 10.1. The largest absolute Gasteiger partial charge is 0.493 e. The van der Waals surface area contributed by atoms with E-state index < -0.39 is 0 Å². The van der Waals surface area contributed by atoms with E-state index in [4.69, 9.17) is 9.47 Å². The van der Waals surface area contributed by atoms with E-state index in [2.05, 4.69) is 29.0 Å².